The first-order valence-electron chi connectivity index (χ1n) is 5.58. The zero-order chi connectivity index (χ0) is 14.2. The third kappa shape index (κ3) is 2.17. The summed E-state index contributed by atoms with van der Waals surface area (Å²) in [4.78, 5) is 36.1. The minimum absolute atomic E-state index is 0.121. The van der Waals surface area contributed by atoms with Crippen LogP contribution in [-0.2, 0) is 11.3 Å². The molecule has 0 bridgehead atoms. The highest BCUT2D eigenvalue weighted by atomic mass is 16.3. The molecule has 1 aromatic heterocycles. The first kappa shape index (κ1) is 13.1. The summed E-state index contributed by atoms with van der Waals surface area (Å²) in [5, 5.41) is 2.54. The van der Waals surface area contributed by atoms with Gasteiger partial charge in [0.15, 0.2) is 0 Å². The fourth-order valence-electron chi connectivity index (χ4n) is 1.85. The van der Waals surface area contributed by atoms with Crippen LogP contribution in [0.2, 0.25) is 0 Å². The molecule has 1 saturated heterocycles. The average molecular weight is 266 g/mol. The van der Waals surface area contributed by atoms with E-state index in [-0.39, 0.29) is 23.8 Å². The molecule has 8 heteroatoms. The molecule has 0 aromatic carbocycles. The van der Waals surface area contributed by atoms with Gasteiger partial charge in [-0.25, -0.2) is 10.6 Å². The van der Waals surface area contributed by atoms with Gasteiger partial charge in [-0.1, -0.05) is 0 Å². The molecule has 1 aliphatic heterocycles. The summed E-state index contributed by atoms with van der Waals surface area (Å²) in [5.74, 6) is 4.31. The second-order valence-corrected chi connectivity index (χ2v) is 4.68. The second-order valence-electron chi connectivity index (χ2n) is 4.68. The maximum atomic E-state index is 12.0. The van der Waals surface area contributed by atoms with Crippen LogP contribution in [0.15, 0.2) is 16.7 Å². The Kier molecular flexibility index (Phi) is 3.03. The van der Waals surface area contributed by atoms with Crippen LogP contribution < -0.4 is 16.6 Å². The fraction of sp³-hybridized carbons (Fsp3) is 0.364. The molecule has 1 aliphatic rings. The Morgan fingerprint density at radius 3 is 2.74 bits per heavy atom. The fourth-order valence-corrected chi connectivity index (χ4v) is 1.85. The summed E-state index contributed by atoms with van der Waals surface area (Å²) in [7, 11) is 0. The third-order valence-corrected chi connectivity index (χ3v) is 2.87. The number of hydrazine groups is 1. The molecule has 19 heavy (non-hydrogen) atoms. The number of furan rings is 1. The maximum Gasteiger partial charge on any atom is 0.325 e. The predicted octanol–water partition coefficient (Wildman–Crippen LogP) is -0.286. The van der Waals surface area contributed by atoms with Crippen LogP contribution in [0.25, 0.3) is 0 Å². The molecule has 4 amide bonds. The van der Waals surface area contributed by atoms with Crippen LogP contribution in [0.1, 0.15) is 30.0 Å². The highest BCUT2D eigenvalue weighted by Gasteiger charge is 2.44. The first-order valence-corrected chi connectivity index (χ1v) is 5.58. The van der Waals surface area contributed by atoms with Crippen molar-refractivity contribution in [3.63, 3.8) is 0 Å². The van der Waals surface area contributed by atoms with Crippen molar-refractivity contribution >= 4 is 17.8 Å². The molecule has 0 aliphatic carbocycles. The number of carbonyl (C=O) groups excluding carboxylic acids is 3. The molecule has 0 saturated carbocycles. The van der Waals surface area contributed by atoms with Crippen molar-refractivity contribution in [3.8, 4) is 0 Å². The van der Waals surface area contributed by atoms with Crippen molar-refractivity contribution in [3.05, 3.63) is 23.7 Å². The molecule has 2 rings (SSSR count). The highest BCUT2D eigenvalue weighted by molar-refractivity contribution is 6.06. The van der Waals surface area contributed by atoms with E-state index in [0.717, 1.165) is 4.90 Å². The Morgan fingerprint density at radius 1 is 1.53 bits per heavy atom. The zero-order valence-electron chi connectivity index (χ0n) is 10.5. The summed E-state index contributed by atoms with van der Waals surface area (Å²) in [5.41, 5.74) is 1.20. The predicted molar refractivity (Wildman–Crippen MR) is 63.5 cm³/mol. The quantitative estimate of drug-likeness (QED) is 0.301. The molecule has 4 N–H and O–H groups in total. The SMILES string of the molecule is CC1(C)NC(=O)N(Cc2occc2C(=O)NN)C1=O. The number of carbonyl (C=O) groups is 3. The van der Waals surface area contributed by atoms with Crippen molar-refractivity contribution < 1.29 is 18.8 Å². The van der Waals surface area contributed by atoms with Gasteiger partial charge in [-0.05, 0) is 19.9 Å². The van der Waals surface area contributed by atoms with Gasteiger partial charge in [0.2, 0.25) is 0 Å². The molecule has 0 radical (unpaired) electrons. The van der Waals surface area contributed by atoms with E-state index in [1.54, 1.807) is 13.8 Å². The van der Waals surface area contributed by atoms with Gasteiger partial charge in [0.25, 0.3) is 11.8 Å². The lowest BCUT2D eigenvalue weighted by Crippen LogP contribution is -2.40. The molecule has 102 valence electrons. The normalized spacial score (nSPS) is 17.5. The monoisotopic (exact) mass is 266 g/mol. The lowest BCUT2D eigenvalue weighted by Gasteiger charge is -2.15. The van der Waals surface area contributed by atoms with Crippen molar-refractivity contribution in [2.75, 3.05) is 0 Å². The van der Waals surface area contributed by atoms with E-state index >= 15 is 0 Å². The largest absolute Gasteiger partial charge is 0.467 e. The highest BCUT2D eigenvalue weighted by Crippen LogP contribution is 2.21. The van der Waals surface area contributed by atoms with Gasteiger partial charge in [0.1, 0.15) is 11.3 Å². The Hall–Kier alpha value is -2.35. The molecule has 1 aromatic rings. The van der Waals surface area contributed by atoms with Crippen molar-refractivity contribution in [1.29, 1.82) is 0 Å². The second kappa shape index (κ2) is 4.39. The number of urea groups is 1. The lowest BCUT2D eigenvalue weighted by molar-refractivity contribution is -0.130. The minimum Gasteiger partial charge on any atom is -0.467 e. The molecule has 0 spiro atoms. The average Bonchev–Trinajstić information content (AvgIpc) is 2.87. The number of nitrogen functional groups attached to an aromatic ring is 1. The maximum absolute atomic E-state index is 12.0. The number of imide groups is 1. The molecule has 0 atom stereocenters. The molecule has 8 nitrogen and oxygen atoms in total. The standard InChI is InChI=1S/C11H14N4O4/c1-11(2)9(17)15(10(18)13-11)5-7-6(3-4-19-7)8(16)14-12/h3-4H,5,12H2,1-2H3,(H,13,18)(H,14,16). The molecule has 2 heterocycles. The van der Waals surface area contributed by atoms with E-state index in [2.05, 4.69) is 5.32 Å². The number of amides is 4. The van der Waals surface area contributed by atoms with E-state index in [9.17, 15) is 14.4 Å². The summed E-state index contributed by atoms with van der Waals surface area (Å²) >= 11 is 0. The number of nitrogens with zero attached hydrogens (tertiary/aromatic N) is 1. The Bertz CT molecular complexity index is 549. The van der Waals surface area contributed by atoms with Crippen molar-refractivity contribution in [1.82, 2.24) is 15.6 Å². The molecule has 0 unspecified atom stereocenters. The minimum atomic E-state index is -0.958. The van der Waals surface area contributed by atoms with E-state index in [0.29, 0.717) is 0 Å². The zero-order valence-corrected chi connectivity index (χ0v) is 10.5. The Balaban J connectivity index is 2.23. The Labute approximate surface area is 108 Å². The summed E-state index contributed by atoms with van der Waals surface area (Å²) < 4.78 is 5.12. The topological polar surface area (TPSA) is 118 Å². The molecule has 1 fully saturated rings. The van der Waals surface area contributed by atoms with Gasteiger partial charge < -0.3 is 9.73 Å². The lowest BCUT2D eigenvalue weighted by atomic mass is 10.1. The number of hydrogen-bond donors (Lipinski definition) is 3. The van der Waals surface area contributed by atoms with Crippen molar-refractivity contribution in [2.24, 2.45) is 5.84 Å². The first-order chi connectivity index (χ1) is 8.86. The van der Waals surface area contributed by atoms with Gasteiger partial charge in [0, 0.05) is 0 Å². The smallest absolute Gasteiger partial charge is 0.325 e. The van der Waals surface area contributed by atoms with Gasteiger partial charge in [-0.2, -0.15) is 0 Å². The Morgan fingerprint density at radius 2 is 2.21 bits per heavy atom. The van der Waals surface area contributed by atoms with E-state index in [4.69, 9.17) is 10.3 Å². The third-order valence-electron chi connectivity index (χ3n) is 2.87. The van der Waals surface area contributed by atoms with Crippen LogP contribution in [0.3, 0.4) is 0 Å². The van der Waals surface area contributed by atoms with Gasteiger partial charge >= 0.3 is 6.03 Å². The van der Waals surface area contributed by atoms with Crippen LogP contribution in [0.4, 0.5) is 4.79 Å². The van der Waals surface area contributed by atoms with E-state index in [1.807, 2.05) is 5.43 Å². The van der Waals surface area contributed by atoms with Crippen LogP contribution >= 0.6 is 0 Å². The summed E-state index contributed by atoms with van der Waals surface area (Å²) in [6.45, 7) is 3.08. The van der Waals surface area contributed by atoms with Crippen LogP contribution in [0, 0.1) is 0 Å². The number of rotatable bonds is 3. The van der Waals surface area contributed by atoms with E-state index < -0.39 is 17.5 Å². The van der Waals surface area contributed by atoms with Crippen LogP contribution in [-0.4, -0.2) is 28.3 Å². The number of nitrogens with one attached hydrogen (secondary N) is 2. The van der Waals surface area contributed by atoms with Crippen molar-refractivity contribution in [2.45, 2.75) is 25.9 Å². The molecular formula is C11H14N4O4. The number of nitrogens with two attached hydrogens (primary N) is 1. The van der Waals surface area contributed by atoms with E-state index in [1.165, 1.54) is 12.3 Å². The summed E-state index contributed by atoms with van der Waals surface area (Å²) in [6, 6.07) is 0.895. The molecular weight excluding hydrogens is 252 g/mol. The van der Waals surface area contributed by atoms with Gasteiger partial charge in [-0.15, -0.1) is 0 Å². The van der Waals surface area contributed by atoms with Gasteiger partial charge in [0.05, 0.1) is 18.4 Å². The van der Waals surface area contributed by atoms with Crippen LogP contribution in [0.5, 0.6) is 0 Å². The van der Waals surface area contributed by atoms with Gasteiger partial charge in [-0.3, -0.25) is 19.9 Å². The number of hydrogen-bond acceptors (Lipinski definition) is 5. The summed E-state index contributed by atoms with van der Waals surface area (Å²) in [6.07, 6.45) is 1.30.